The van der Waals surface area contributed by atoms with E-state index in [2.05, 4.69) is 162 Å². The van der Waals surface area contributed by atoms with Crippen molar-refractivity contribution in [2.75, 3.05) is 0 Å². The second-order valence-corrected chi connectivity index (χ2v) is 15.5. The predicted octanol–water partition coefficient (Wildman–Crippen LogP) is 14.9. The van der Waals surface area contributed by atoms with Crippen LogP contribution in [0.5, 0.6) is 0 Å². The van der Waals surface area contributed by atoms with Crippen LogP contribution in [0.4, 0.5) is 0 Å². The second-order valence-electron chi connectivity index (χ2n) is 15.5. The second kappa shape index (κ2) is 14.7. The molecule has 0 unspecified atom stereocenters. The summed E-state index contributed by atoms with van der Waals surface area (Å²) in [5.74, 6) is 1.82. The molecule has 0 aliphatic rings. The van der Waals surface area contributed by atoms with Crippen LogP contribution in [0, 0.1) is 0 Å². The third kappa shape index (κ3) is 5.98. The lowest BCUT2D eigenvalue weighted by atomic mass is 9.90. The lowest BCUT2D eigenvalue weighted by molar-refractivity contribution is 0.673. The summed E-state index contributed by atoms with van der Waals surface area (Å²) in [5.41, 5.74) is 14.3. The van der Waals surface area contributed by atoms with E-state index >= 15 is 0 Å². The first-order valence-electron chi connectivity index (χ1n) is 20.9. The fraction of sp³-hybridized carbons (Fsp3) is 0. The highest BCUT2D eigenvalue weighted by atomic mass is 16.3. The Labute approximate surface area is 357 Å². The summed E-state index contributed by atoms with van der Waals surface area (Å²) in [6, 6.07) is 76.2. The summed E-state index contributed by atoms with van der Waals surface area (Å²) in [7, 11) is 0. The molecule has 3 heterocycles. The minimum Gasteiger partial charge on any atom is -0.455 e. The fourth-order valence-electron chi connectivity index (χ4n) is 8.99. The molecule has 0 atom stereocenters. The van der Waals surface area contributed by atoms with E-state index in [1.54, 1.807) is 0 Å². The van der Waals surface area contributed by atoms with Gasteiger partial charge in [0, 0.05) is 38.5 Å². The molecule has 9 aromatic carbocycles. The number of nitrogens with zero attached hydrogens (tertiary/aromatic N) is 4. The van der Waals surface area contributed by atoms with Gasteiger partial charge in [0.25, 0.3) is 0 Å². The van der Waals surface area contributed by atoms with E-state index in [9.17, 15) is 0 Å². The Morgan fingerprint density at radius 2 is 0.839 bits per heavy atom. The van der Waals surface area contributed by atoms with Crippen molar-refractivity contribution in [1.29, 1.82) is 0 Å². The number of aromatic nitrogens is 4. The average molecular weight is 793 g/mol. The van der Waals surface area contributed by atoms with Gasteiger partial charge in [-0.2, -0.15) is 0 Å². The number of furan rings is 1. The quantitative estimate of drug-likeness (QED) is 0.161. The Kier molecular flexibility index (Phi) is 8.42. The Morgan fingerprint density at radius 3 is 1.53 bits per heavy atom. The van der Waals surface area contributed by atoms with Gasteiger partial charge in [-0.3, -0.25) is 0 Å². The van der Waals surface area contributed by atoms with Crippen molar-refractivity contribution < 1.29 is 4.42 Å². The van der Waals surface area contributed by atoms with Crippen LogP contribution in [0.1, 0.15) is 0 Å². The predicted molar refractivity (Wildman–Crippen MR) is 254 cm³/mol. The Bertz CT molecular complexity index is 3560. The van der Waals surface area contributed by atoms with E-state index < -0.39 is 0 Å². The van der Waals surface area contributed by atoms with Crippen LogP contribution < -0.4 is 0 Å². The molecule has 0 radical (unpaired) electrons. The average Bonchev–Trinajstić information content (AvgIpc) is 3.90. The van der Waals surface area contributed by atoms with Gasteiger partial charge >= 0.3 is 0 Å². The van der Waals surface area contributed by atoms with Gasteiger partial charge in [0.1, 0.15) is 11.2 Å². The van der Waals surface area contributed by atoms with Gasteiger partial charge < -0.3 is 8.98 Å². The van der Waals surface area contributed by atoms with E-state index in [1.807, 2.05) is 60.7 Å². The first kappa shape index (κ1) is 35.5. The monoisotopic (exact) mass is 792 g/mol. The van der Waals surface area contributed by atoms with Crippen LogP contribution in [-0.4, -0.2) is 19.5 Å². The third-order valence-electron chi connectivity index (χ3n) is 11.9. The van der Waals surface area contributed by atoms with Gasteiger partial charge in [-0.1, -0.05) is 170 Å². The molecular formula is C57H36N4O. The first-order valence-corrected chi connectivity index (χ1v) is 20.9. The summed E-state index contributed by atoms with van der Waals surface area (Å²) in [6.45, 7) is 0. The number of fused-ring (bicyclic) bond motifs is 7. The van der Waals surface area contributed by atoms with Crippen molar-refractivity contribution in [3.63, 3.8) is 0 Å². The fourth-order valence-corrected chi connectivity index (χ4v) is 8.99. The molecular weight excluding hydrogens is 757 g/mol. The maximum atomic E-state index is 6.99. The van der Waals surface area contributed by atoms with Crippen molar-refractivity contribution in [3.05, 3.63) is 218 Å². The summed E-state index contributed by atoms with van der Waals surface area (Å²) < 4.78 is 9.32. The summed E-state index contributed by atoms with van der Waals surface area (Å²) in [5, 5.41) is 4.41. The molecule has 0 amide bonds. The smallest absolute Gasteiger partial charge is 0.164 e. The van der Waals surface area contributed by atoms with E-state index in [0.29, 0.717) is 17.5 Å². The number of rotatable bonds is 7. The molecule has 0 N–H and O–H groups in total. The largest absolute Gasteiger partial charge is 0.455 e. The third-order valence-corrected chi connectivity index (χ3v) is 11.9. The van der Waals surface area contributed by atoms with Crippen LogP contribution >= 0.6 is 0 Å². The Hall–Kier alpha value is -8.41. The van der Waals surface area contributed by atoms with Crippen molar-refractivity contribution in [2.45, 2.75) is 0 Å². The highest BCUT2D eigenvalue weighted by Crippen LogP contribution is 2.43. The van der Waals surface area contributed by atoms with E-state index in [-0.39, 0.29) is 0 Å². The number of benzene rings is 9. The van der Waals surface area contributed by atoms with Crippen LogP contribution in [0.15, 0.2) is 223 Å². The zero-order chi connectivity index (χ0) is 41.0. The number of para-hydroxylation sites is 2. The molecule has 62 heavy (non-hydrogen) atoms. The molecule has 3 aromatic heterocycles. The van der Waals surface area contributed by atoms with Gasteiger partial charge in [-0.05, 0) is 81.9 Å². The van der Waals surface area contributed by atoms with E-state index in [0.717, 1.165) is 99.5 Å². The Balaban J connectivity index is 1.09. The highest BCUT2D eigenvalue weighted by molar-refractivity contribution is 6.24. The van der Waals surface area contributed by atoms with E-state index in [1.165, 1.54) is 0 Å². The van der Waals surface area contributed by atoms with Crippen molar-refractivity contribution in [1.82, 2.24) is 19.5 Å². The molecule has 0 aliphatic carbocycles. The summed E-state index contributed by atoms with van der Waals surface area (Å²) >= 11 is 0. The maximum Gasteiger partial charge on any atom is 0.164 e. The lowest BCUT2D eigenvalue weighted by Crippen LogP contribution is -2.01. The van der Waals surface area contributed by atoms with Gasteiger partial charge in [0.15, 0.2) is 17.5 Å². The summed E-state index contributed by atoms with van der Waals surface area (Å²) in [6.07, 6.45) is 0. The standard InChI is InChI=1S/C57H36N4O/c1-5-17-37(18-6-1)43-25-13-14-26-44(43)40-29-31-45(49(35-40)57-59-55(38-19-7-2-8-20-38)58-56(60-57)39-21-9-3-10-22-39)41-30-32-46-47-33-34-51-53(54(47)62-52(46)36-41)48-27-15-16-28-50(48)61(51)42-23-11-4-12-24-42/h1-36H. The zero-order valence-electron chi connectivity index (χ0n) is 33.5. The molecule has 290 valence electrons. The van der Waals surface area contributed by atoms with Gasteiger partial charge in [0.05, 0.1) is 16.4 Å². The molecule has 12 rings (SSSR count). The molecule has 0 bridgehead atoms. The number of hydrogen-bond donors (Lipinski definition) is 0. The molecule has 0 aliphatic heterocycles. The molecule has 5 heteroatoms. The van der Waals surface area contributed by atoms with Crippen LogP contribution in [0.25, 0.3) is 117 Å². The van der Waals surface area contributed by atoms with E-state index in [4.69, 9.17) is 19.4 Å². The summed E-state index contributed by atoms with van der Waals surface area (Å²) in [4.78, 5) is 15.5. The van der Waals surface area contributed by atoms with Gasteiger partial charge in [0.2, 0.25) is 0 Å². The highest BCUT2D eigenvalue weighted by Gasteiger charge is 2.21. The molecule has 0 saturated heterocycles. The van der Waals surface area contributed by atoms with Crippen LogP contribution in [-0.2, 0) is 0 Å². The van der Waals surface area contributed by atoms with Gasteiger partial charge in [-0.15, -0.1) is 0 Å². The molecule has 0 fully saturated rings. The Morgan fingerprint density at radius 1 is 0.323 bits per heavy atom. The molecule has 0 saturated carbocycles. The number of hydrogen-bond acceptors (Lipinski definition) is 4. The molecule has 5 nitrogen and oxygen atoms in total. The first-order chi connectivity index (χ1) is 30.7. The zero-order valence-corrected chi connectivity index (χ0v) is 33.5. The normalized spacial score (nSPS) is 11.5. The van der Waals surface area contributed by atoms with Crippen molar-refractivity contribution >= 4 is 43.7 Å². The topological polar surface area (TPSA) is 56.7 Å². The molecule has 12 aromatic rings. The van der Waals surface area contributed by atoms with Crippen LogP contribution in [0.2, 0.25) is 0 Å². The van der Waals surface area contributed by atoms with Crippen molar-refractivity contribution in [2.24, 2.45) is 0 Å². The lowest BCUT2D eigenvalue weighted by Gasteiger charge is -2.16. The molecule has 0 spiro atoms. The maximum absolute atomic E-state index is 6.99. The van der Waals surface area contributed by atoms with Gasteiger partial charge in [-0.25, -0.2) is 15.0 Å². The van der Waals surface area contributed by atoms with Crippen molar-refractivity contribution in [3.8, 4) is 73.2 Å². The minimum absolute atomic E-state index is 0.590. The minimum atomic E-state index is 0.590. The van der Waals surface area contributed by atoms with Crippen LogP contribution in [0.3, 0.4) is 0 Å². The SMILES string of the molecule is c1ccc(-c2nc(-c3ccccc3)nc(-c3cc(-c4ccccc4-c4ccccc4)ccc3-c3ccc4c(c3)oc3c4ccc4c3c3ccccc3n4-c3ccccc3)n2)cc1.